The molecule has 1 amide bonds. The lowest BCUT2D eigenvalue weighted by Crippen LogP contribution is -2.49. The quantitative estimate of drug-likeness (QED) is 0.450. The number of nitrogens with one attached hydrogen (secondary N) is 1. The molecule has 2 N–H and O–H groups in total. The van der Waals surface area contributed by atoms with Gasteiger partial charge in [-0.1, -0.05) is 70.4 Å². The highest BCUT2D eigenvalue weighted by molar-refractivity contribution is 5.87. The van der Waals surface area contributed by atoms with Gasteiger partial charge in [-0.2, -0.15) is 18.2 Å². The van der Waals surface area contributed by atoms with Crippen LogP contribution in [0.3, 0.4) is 0 Å². The van der Waals surface area contributed by atoms with Crippen LogP contribution in [0, 0.1) is 17.3 Å². The van der Waals surface area contributed by atoms with Crippen molar-refractivity contribution in [2.75, 3.05) is 12.4 Å². The Morgan fingerprint density at radius 2 is 1.69 bits per heavy atom. The fourth-order valence-corrected chi connectivity index (χ4v) is 6.24. The molecule has 1 aliphatic carbocycles. The number of aromatic nitrogens is 1. The fraction of sp³-hybridized carbons (Fsp3) is 0.552. The molecule has 2 heterocycles. The first-order valence-electron chi connectivity index (χ1n) is 13.3. The van der Waals surface area contributed by atoms with E-state index in [1.54, 1.807) is 12.1 Å². The molecule has 10 heteroatoms. The van der Waals surface area contributed by atoms with Crippen LogP contribution in [0.4, 0.5) is 19.0 Å². The molecular formula is C29H36F3N3O4. The number of carbonyl (C=O) groups excluding carboxylic acids is 1. The van der Waals surface area contributed by atoms with Gasteiger partial charge in [-0.15, -0.1) is 0 Å². The summed E-state index contributed by atoms with van der Waals surface area (Å²) in [7, 11) is 1.23. The van der Waals surface area contributed by atoms with Crippen molar-refractivity contribution in [1.82, 2.24) is 9.88 Å². The number of hydrogen-bond acceptors (Lipinski definition) is 5. The molecular weight excluding hydrogens is 511 g/mol. The van der Waals surface area contributed by atoms with Gasteiger partial charge in [0, 0.05) is 17.9 Å². The number of carbonyl (C=O) groups is 2. The number of halogens is 3. The minimum atomic E-state index is -4.64. The fourth-order valence-electron chi connectivity index (χ4n) is 6.24. The van der Waals surface area contributed by atoms with Crippen molar-refractivity contribution >= 4 is 17.7 Å². The molecule has 7 nitrogen and oxygen atoms in total. The number of pyridine rings is 1. The van der Waals surface area contributed by atoms with E-state index in [-0.39, 0.29) is 23.5 Å². The minimum absolute atomic E-state index is 0.0991. The summed E-state index contributed by atoms with van der Waals surface area (Å²) in [6, 6.07) is 8.12. The average Bonchev–Trinajstić information content (AvgIpc) is 3.24. The van der Waals surface area contributed by atoms with E-state index in [4.69, 9.17) is 4.74 Å². The summed E-state index contributed by atoms with van der Waals surface area (Å²) in [5, 5.41) is 13.7. The molecule has 1 aromatic heterocycles. The number of nitrogens with zero attached hydrogens (tertiary/aromatic N) is 2. The zero-order valence-corrected chi connectivity index (χ0v) is 22.7. The lowest BCUT2D eigenvalue weighted by atomic mass is 9.72. The van der Waals surface area contributed by atoms with Crippen LogP contribution in [0.2, 0.25) is 0 Å². The molecule has 0 radical (unpaired) electrons. The number of carboxylic acid groups (broad SMARTS) is 1. The average molecular weight is 548 g/mol. The van der Waals surface area contributed by atoms with Crippen LogP contribution in [-0.4, -0.2) is 46.1 Å². The SMILES string of the molecule is COc1cc(C(F)(F)F)cc(NC2C(c3ccccc3)N(C(=O)C3CCCCC3)C(C(=O)O)C2C(C)(C)C)n1. The van der Waals surface area contributed by atoms with Crippen molar-refractivity contribution in [3.05, 3.63) is 53.6 Å². The second-order valence-corrected chi connectivity index (χ2v) is 11.6. The third-order valence-electron chi connectivity index (χ3n) is 7.92. The van der Waals surface area contributed by atoms with Crippen molar-refractivity contribution in [2.24, 2.45) is 17.3 Å². The van der Waals surface area contributed by atoms with Gasteiger partial charge in [0.05, 0.1) is 24.8 Å². The number of amides is 1. The van der Waals surface area contributed by atoms with Gasteiger partial charge in [0.15, 0.2) is 0 Å². The number of likely N-dealkylation sites (tertiary alicyclic amines) is 1. The molecule has 4 rings (SSSR count). The van der Waals surface area contributed by atoms with Crippen LogP contribution in [0.25, 0.3) is 0 Å². The van der Waals surface area contributed by atoms with Crippen LogP contribution in [0.15, 0.2) is 42.5 Å². The Kier molecular flexibility index (Phi) is 8.14. The number of benzene rings is 1. The van der Waals surface area contributed by atoms with Gasteiger partial charge in [-0.25, -0.2) is 4.79 Å². The second-order valence-electron chi connectivity index (χ2n) is 11.6. The van der Waals surface area contributed by atoms with Gasteiger partial charge in [-0.05, 0) is 29.9 Å². The van der Waals surface area contributed by atoms with E-state index in [1.807, 2.05) is 39.0 Å². The molecule has 0 bridgehead atoms. The number of rotatable bonds is 6. The first-order chi connectivity index (χ1) is 18.3. The monoisotopic (exact) mass is 547 g/mol. The topological polar surface area (TPSA) is 91.8 Å². The first kappa shape index (κ1) is 28.7. The van der Waals surface area contributed by atoms with Gasteiger partial charge in [0.25, 0.3) is 0 Å². The molecule has 2 fully saturated rings. The van der Waals surface area contributed by atoms with E-state index in [0.717, 1.165) is 31.4 Å². The molecule has 4 unspecified atom stereocenters. The van der Waals surface area contributed by atoms with Gasteiger partial charge in [0.1, 0.15) is 11.9 Å². The van der Waals surface area contributed by atoms with Crippen LogP contribution >= 0.6 is 0 Å². The summed E-state index contributed by atoms with van der Waals surface area (Å²) < 4.78 is 46.2. The summed E-state index contributed by atoms with van der Waals surface area (Å²) in [5.41, 5.74) is -0.874. The van der Waals surface area contributed by atoms with E-state index in [9.17, 15) is 27.9 Å². The first-order valence-corrected chi connectivity index (χ1v) is 13.3. The Bertz CT molecular complexity index is 1180. The molecule has 2 aromatic rings. The molecule has 1 saturated heterocycles. The van der Waals surface area contributed by atoms with Gasteiger partial charge < -0.3 is 20.1 Å². The van der Waals surface area contributed by atoms with Crippen molar-refractivity contribution < 1.29 is 32.6 Å². The molecule has 1 aliphatic heterocycles. The second kappa shape index (κ2) is 11.1. The largest absolute Gasteiger partial charge is 0.481 e. The lowest BCUT2D eigenvalue weighted by molar-refractivity contribution is -0.154. The van der Waals surface area contributed by atoms with E-state index in [2.05, 4.69) is 10.3 Å². The molecule has 1 saturated carbocycles. The number of anilines is 1. The van der Waals surface area contributed by atoms with E-state index in [0.29, 0.717) is 18.4 Å². The molecule has 2 aliphatic rings. The Morgan fingerprint density at radius 1 is 1.05 bits per heavy atom. The molecule has 4 atom stereocenters. The third kappa shape index (κ3) is 5.99. The summed E-state index contributed by atoms with van der Waals surface area (Å²) in [5.74, 6) is -2.63. The van der Waals surface area contributed by atoms with Crippen LogP contribution in [-0.2, 0) is 15.8 Å². The third-order valence-corrected chi connectivity index (χ3v) is 7.92. The van der Waals surface area contributed by atoms with Gasteiger partial charge in [-0.3, -0.25) is 4.79 Å². The zero-order valence-electron chi connectivity index (χ0n) is 22.7. The van der Waals surface area contributed by atoms with Gasteiger partial charge >= 0.3 is 12.1 Å². The highest BCUT2D eigenvalue weighted by atomic mass is 19.4. The summed E-state index contributed by atoms with van der Waals surface area (Å²) in [6.07, 6.45) is -0.433. The maximum Gasteiger partial charge on any atom is 0.416 e. The minimum Gasteiger partial charge on any atom is -0.481 e. The van der Waals surface area contributed by atoms with Crippen molar-refractivity contribution in [1.29, 1.82) is 0 Å². The Balaban J connectivity index is 1.89. The van der Waals surface area contributed by atoms with Crippen LogP contribution in [0.5, 0.6) is 5.88 Å². The smallest absolute Gasteiger partial charge is 0.416 e. The van der Waals surface area contributed by atoms with E-state index < -0.39 is 47.2 Å². The number of methoxy groups -OCH3 is 1. The highest BCUT2D eigenvalue weighted by Gasteiger charge is 2.58. The molecule has 39 heavy (non-hydrogen) atoms. The summed E-state index contributed by atoms with van der Waals surface area (Å²) in [4.78, 5) is 32.7. The van der Waals surface area contributed by atoms with Gasteiger partial charge in [0.2, 0.25) is 11.8 Å². The maximum absolute atomic E-state index is 14.1. The molecule has 0 spiro atoms. The van der Waals surface area contributed by atoms with E-state index in [1.165, 1.54) is 12.0 Å². The van der Waals surface area contributed by atoms with Crippen molar-refractivity contribution in [3.63, 3.8) is 0 Å². The standard InChI is InChI=1S/C29H36F3N3O4/c1-28(2,3)22-23(34-20-15-19(29(30,31)32)16-21(33-20)39-4)24(17-11-7-5-8-12-17)35(25(22)27(37)38)26(36)18-13-9-6-10-14-18/h5,7-8,11-12,15-16,18,22-25H,6,9-10,13-14H2,1-4H3,(H,33,34)(H,37,38). The van der Waals surface area contributed by atoms with Crippen molar-refractivity contribution in [2.45, 2.75) is 77.2 Å². The Morgan fingerprint density at radius 3 is 2.23 bits per heavy atom. The number of alkyl halides is 3. The number of aliphatic carboxylic acids is 1. The maximum atomic E-state index is 14.1. The summed E-state index contributed by atoms with van der Waals surface area (Å²) in [6.45, 7) is 5.66. The Hall–Kier alpha value is -3.30. The number of ether oxygens (including phenoxy) is 1. The highest BCUT2D eigenvalue weighted by Crippen LogP contribution is 2.50. The Labute approximate surface area is 226 Å². The normalized spacial score (nSPS) is 24.4. The van der Waals surface area contributed by atoms with Crippen molar-refractivity contribution in [3.8, 4) is 5.88 Å². The number of hydrogen-bond donors (Lipinski definition) is 2. The summed E-state index contributed by atoms with van der Waals surface area (Å²) >= 11 is 0. The van der Waals surface area contributed by atoms with Crippen LogP contribution < -0.4 is 10.1 Å². The lowest BCUT2D eigenvalue weighted by Gasteiger charge is -2.36. The predicted octanol–water partition coefficient (Wildman–Crippen LogP) is 6.17. The van der Waals surface area contributed by atoms with E-state index >= 15 is 0 Å². The van der Waals surface area contributed by atoms with Crippen LogP contribution in [0.1, 0.15) is 70.0 Å². The molecule has 1 aromatic carbocycles. The predicted molar refractivity (Wildman–Crippen MR) is 140 cm³/mol. The number of carboxylic acids is 1. The molecule has 212 valence electrons. The zero-order chi connectivity index (χ0) is 28.5.